The van der Waals surface area contributed by atoms with E-state index >= 15 is 0 Å². The molecule has 0 aliphatic carbocycles. The quantitative estimate of drug-likeness (QED) is 0.113. The van der Waals surface area contributed by atoms with Crippen LogP contribution in [0.5, 0.6) is 12.0 Å². The van der Waals surface area contributed by atoms with E-state index < -0.39 is 69.6 Å². The van der Waals surface area contributed by atoms with E-state index in [1.54, 1.807) is 0 Å². The molecule has 40 heavy (non-hydrogen) atoms. The minimum atomic E-state index is -4.10. The van der Waals surface area contributed by atoms with Crippen LogP contribution in [-0.2, 0) is 4.89 Å². The summed E-state index contributed by atoms with van der Waals surface area (Å²) in [5, 5.41) is 38.1. The van der Waals surface area contributed by atoms with Crippen LogP contribution < -0.4 is 9.47 Å². The molecule has 1 rings (SSSR count). The molecule has 0 saturated heterocycles. The average Bonchev–Trinajstić information content (AvgIpc) is 2.70. The van der Waals surface area contributed by atoms with Crippen LogP contribution in [0.3, 0.4) is 0 Å². The predicted octanol–water partition coefficient (Wildman–Crippen LogP) is 2.71. The molecule has 0 spiro atoms. The molecule has 11 nitrogen and oxygen atoms in total. The van der Waals surface area contributed by atoms with Crippen LogP contribution in [0.15, 0.2) is 12.7 Å². The summed E-state index contributed by atoms with van der Waals surface area (Å²) in [4.78, 5) is 13.5. The number of ether oxygens (including phenoxy) is 2. The molecule has 1 aromatic rings. The first kappa shape index (κ1) is 55.1. The summed E-state index contributed by atoms with van der Waals surface area (Å²) in [5.41, 5.74) is 0. The molecule has 0 aromatic carbocycles. The molecule has 0 fully saturated rings. The Balaban J connectivity index is -0.0000000678. The Labute approximate surface area is 203 Å². The van der Waals surface area contributed by atoms with Gasteiger partial charge in [-0.2, -0.15) is 36.3 Å². The van der Waals surface area contributed by atoms with Gasteiger partial charge in [-0.15, -0.1) is 4.98 Å². The Morgan fingerprint density at radius 2 is 1.12 bits per heavy atom. The molecule has 24 heteroatoms. The first-order valence-corrected chi connectivity index (χ1v) is 8.27. The largest absolute Gasteiger partial charge is 0.454 e. The van der Waals surface area contributed by atoms with Crippen LogP contribution in [0.25, 0.3) is 0 Å². The third kappa shape index (κ3) is 63.7. The van der Waals surface area contributed by atoms with Crippen LogP contribution in [-0.4, -0.2) is 92.8 Å². The maximum atomic E-state index is 12.1. The van der Waals surface area contributed by atoms with E-state index in [4.69, 9.17) is 25.7 Å². The molecule has 1 aromatic heterocycles. The Kier molecular flexibility index (Phi) is 40.8. The van der Waals surface area contributed by atoms with E-state index in [1.165, 1.54) is 14.0 Å². The molecule has 0 aliphatic heterocycles. The van der Waals surface area contributed by atoms with Gasteiger partial charge in [0.1, 0.15) is 12.4 Å². The van der Waals surface area contributed by atoms with Crippen molar-refractivity contribution >= 4 is 0 Å². The zero-order chi connectivity index (χ0) is 29.5. The smallest absolute Gasteiger partial charge is 0.387 e. The van der Waals surface area contributed by atoms with Crippen molar-refractivity contribution in [1.29, 1.82) is 0 Å². The fourth-order valence-corrected chi connectivity index (χ4v) is 0.866. The molecule has 0 amide bonds. The van der Waals surface area contributed by atoms with Gasteiger partial charge in [0.2, 0.25) is 0 Å². The van der Waals surface area contributed by atoms with Crippen LogP contribution in [0.4, 0.5) is 43.9 Å². The van der Waals surface area contributed by atoms with Gasteiger partial charge in [0.15, 0.2) is 13.2 Å². The first-order valence-electron chi connectivity index (χ1n) is 8.27. The van der Waals surface area contributed by atoms with Crippen LogP contribution in [0, 0.1) is 20.8 Å². The number of aromatic nitrogens is 3. The van der Waals surface area contributed by atoms with Gasteiger partial charge in [0.05, 0.1) is 7.11 Å². The Hall–Kier alpha value is -5.59. The zero-order valence-electron chi connectivity index (χ0n) is 21.3. The van der Waals surface area contributed by atoms with Crippen molar-refractivity contribution in [2.75, 3.05) is 33.5 Å². The molecule has 0 atom stereocenters. The number of hydrogen-bond acceptors (Lipinski definition) is 11. The van der Waals surface area contributed by atoms with E-state index in [-0.39, 0.29) is 13.3 Å². The van der Waals surface area contributed by atoms with E-state index in [0.29, 0.717) is 0 Å². The number of rotatable bonds is 8. The third-order valence-electron chi connectivity index (χ3n) is 1.71. The van der Waals surface area contributed by atoms with Gasteiger partial charge in [-0.1, -0.05) is 0 Å². The summed E-state index contributed by atoms with van der Waals surface area (Å²) in [6.45, 7) is -1.46. The van der Waals surface area contributed by atoms with Crippen LogP contribution in [0.2, 0.25) is 0 Å². The molecular formula is C16H25F10N3O8Rf3-2. The Morgan fingerprint density at radius 3 is 1.27 bits per heavy atom. The van der Waals surface area contributed by atoms with Crippen molar-refractivity contribution in [2.24, 2.45) is 0 Å². The second-order valence-electron chi connectivity index (χ2n) is 4.95. The van der Waals surface area contributed by atoms with Crippen molar-refractivity contribution in [2.45, 2.75) is 25.6 Å². The Bertz CT molecular complexity index is 636. The summed E-state index contributed by atoms with van der Waals surface area (Å²) in [6, 6.07) is -1.28. The average molecular weight is 1380 g/mol. The number of aliphatic hydroxyl groups excluding tert-OH is 2. The van der Waals surface area contributed by atoms with Gasteiger partial charge in [0, 0.05) is 6.43 Å². The second-order valence-corrected chi connectivity index (χ2v) is 4.95. The van der Waals surface area contributed by atoms with Crippen molar-refractivity contribution in [3.05, 3.63) is 32.3 Å². The van der Waals surface area contributed by atoms with Gasteiger partial charge in [-0.05, 0) is 20.1 Å². The van der Waals surface area contributed by atoms with Crippen molar-refractivity contribution in [1.82, 2.24) is 15.0 Å². The first-order chi connectivity index (χ1) is 16.2. The molecule has 0 saturated carbocycles. The van der Waals surface area contributed by atoms with E-state index in [1.807, 2.05) is 0 Å². The molecule has 0 aliphatic rings. The number of aliphatic hydroxyl groups is 4. The third-order valence-corrected chi connectivity index (χ3v) is 1.71. The monoisotopic (exact) mass is 1380 g/mol. The number of nitrogens with zero attached hydrogens (tertiary/aromatic N) is 3. The van der Waals surface area contributed by atoms with Crippen LogP contribution in [0.1, 0.15) is 5.82 Å². The molecular weight excluding hydrogens is 1350 g/mol. The predicted molar refractivity (Wildman–Crippen MR) is 103 cm³/mol. The Morgan fingerprint density at radius 1 is 0.900 bits per heavy atom. The van der Waals surface area contributed by atoms with Gasteiger partial charge in [0.25, 0.3) is 12.5 Å². The summed E-state index contributed by atoms with van der Waals surface area (Å²) in [5.74, 6) is -0.0532. The summed E-state index contributed by atoms with van der Waals surface area (Å²) >= 11 is 0. The molecule has 1 heterocycles. The number of halogens is 10. The SMILES string of the molecule is C=C(F)F.COO.Cc1nc(OCC(O)(F)F)nc(OCC(O)(F)F)n1.OCC(F)F.OC[C-](F)F.[CH3-].[Rf].[Rf].[Rf]. The number of hydrogen-bond donors (Lipinski definition) is 5. The van der Waals surface area contributed by atoms with Crippen molar-refractivity contribution in [3.63, 3.8) is 0 Å². The minimum absolute atomic E-state index is 0. The maximum absolute atomic E-state index is 12.1. The number of aryl methyl sites for hydroxylation is 1. The van der Waals surface area contributed by atoms with Gasteiger partial charge in [-0.25, -0.2) is 13.7 Å². The maximum Gasteiger partial charge on any atom is 0.387 e. The molecule has 0 radical (unpaired) electrons. The molecule has 0 bridgehead atoms. The van der Waals surface area contributed by atoms with Crippen LogP contribution >= 0.6 is 0 Å². The molecule has 230 valence electrons. The zero-order valence-corrected chi connectivity index (χ0v) is 40.5. The van der Waals surface area contributed by atoms with Gasteiger partial charge < -0.3 is 46.1 Å². The summed E-state index contributed by atoms with van der Waals surface area (Å²) in [7, 11) is 1.18. The molecule has 5 N–H and O–H groups in total. The van der Waals surface area contributed by atoms with Gasteiger partial charge >= 0.3 is 24.2 Å². The van der Waals surface area contributed by atoms with Gasteiger partial charge in [-0.3, -0.25) is 5.26 Å². The number of alkyl halides is 6. The summed E-state index contributed by atoms with van der Waals surface area (Å²) < 4.78 is 119. The fourth-order valence-electron chi connectivity index (χ4n) is 0.866. The normalized spacial score (nSPS) is 9.38. The van der Waals surface area contributed by atoms with E-state index in [9.17, 15) is 43.9 Å². The topological polar surface area (TPSA) is 168 Å². The summed E-state index contributed by atoms with van der Waals surface area (Å²) in [6.07, 6.45) is -14.5. The minimum Gasteiger partial charge on any atom is -0.454 e. The fraction of sp³-hybridized carbons (Fsp3) is 0.562. The van der Waals surface area contributed by atoms with Crippen molar-refractivity contribution in [3.8, 4) is 12.0 Å². The second kappa shape index (κ2) is 29.6. The molecule has 0 unspecified atom stereocenters. The van der Waals surface area contributed by atoms with E-state index in [0.717, 1.165) is 0 Å². The standard InChI is InChI=1S/C8H9F4N3O4.C2H4F2O.C2H3F2O.C2H2F2.CH4O2.CH3.3Rf/c1-4-13-5(18-2-7(9,10)16)15-6(14-4)19-3-8(11,12)17;2*3-2(4)1-5;1-2(3)4;1-3-2;;;;/h16-17H,2-3H2,1H3;2,5H,1H2;5H,1H2;1H2;2H,1H3;1H3;;;/q;;-1;;;-1;;;. The van der Waals surface area contributed by atoms with E-state index in [2.05, 4.69) is 35.9 Å². The van der Waals surface area contributed by atoms with Crippen molar-refractivity contribution < 1.29 is 83.9 Å².